The molecule has 1 aromatic carbocycles. The number of aromatic nitrogens is 1. The number of pyridine rings is 1. The predicted octanol–water partition coefficient (Wildman–Crippen LogP) is 2.70. The molecule has 0 bridgehead atoms. The normalized spacial score (nSPS) is 10.4. The van der Waals surface area contributed by atoms with Crippen LogP contribution in [-0.4, -0.2) is 16.1 Å². The van der Waals surface area contributed by atoms with Crippen LogP contribution in [0.5, 0.6) is 0 Å². The van der Waals surface area contributed by atoms with Crippen molar-refractivity contribution in [1.82, 2.24) is 4.98 Å². The Hall–Kier alpha value is -1.42. The Labute approximate surface area is 88.5 Å². The fourth-order valence-corrected chi connectivity index (χ4v) is 1.81. The fraction of sp³-hybridized carbons (Fsp3) is 0. The number of rotatable bonds is 1. The van der Waals surface area contributed by atoms with E-state index in [-0.39, 0.29) is 5.56 Å². The molecule has 0 spiro atoms. The zero-order valence-corrected chi connectivity index (χ0v) is 8.65. The van der Waals surface area contributed by atoms with Crippen LogP contribution in [-0.2, 0) is 0 Å². The number of fused-ring (bicyclic) bond motifs is 1. The summed E-state index contributed by atoms with van der Waals surface area (Å²) < 4.78 is 0.552. The Bertz CT molecular complexity index is 510. The summed E-state index contributed by atoms with van der Waals surface area (Å²) in [4.78, 5) is 15.0. The molecule has 1 aromatic heterocycles. The first-order valence-electron chi connectivity index (χ1n) is 3.96. The van der Waals surface area contributed by atoms with Gasteiger partial charge in [-0.05, 0) is 28.1 Å². The number of benzene rings is 1. The summed E-state index contributed by atoms with van der Waals surface area (Å²) in [6.45, 7) is 0. The van der Waals surface area contributed by atoms with E-state index < -0.39 is 5.97 Å². The van der Waals surface area contributed by atoms with Gasteiger partial charge >= 0.3 is 5.97 Å². The molecule has 0 saturated carbocycles. The zero-order chi connectivity index (χ0) is 10.1. The monoisotopic (exact) mass is 251 g/mol. The highest BCUT2D eigenvalue weighted by atomic mass is 79.9. The number of halogens is 1. The number of carbonyl (C=O) groups is 1. The van der Waals surface area contributed by atoms with E-state index in [0.717, 1.165) is 5.39 Å². The van der Waals surface area contributed by atoms with Crippen LogP contribution in [0.25, 0.3) is 10.9 Å². The van der Waals surface area contributed by atoms with Gasteiger partial charge in [0.25, 0.3) is 0 Å². The maximum atomic E-state index is 11.0. The Balaban J connectivity index is 2.90. The number of aromatic carboxylic acids is 1. The standard InChI is InChI=1S/C10H6BrNO2/c11-7-4-3-6-2-1-5-12-9(6)8(7)10(13)14/h1-5H,(H,13,14). The fourth-order valence-electron chi connectivity index (χ4n) is 1.32. The second kappa shape index (κ2) is 3.38. The Morgan fingerprint density at radius 1 is 1.36 bits per heavy atom. The predicted molar refractivity (Wildman–Crippen MR) is 56.4 cm³/mol. The van der Waals surface area contributed by atoms with Gasteiger partial charge in [-0.25, -0.2) is 4.79 Å². The van der Waals surface area contributed by atoms with Crippen molar-refractivity contribution in [2.45, 2.75) is 0 Å². The van der Waals surface area contributed by atoms with Gasteiger partial charge in [-0.3, -0.25) is 4.98 Å². The van der Waals surface area contributed by atoms with Crippen LogP contribution >= 0.6 is 15.9 Å². The van der Waals surface area contributed by atoms with Crippen molar-refractivity contribution in [3.05, 3.63) is 40.5 Å². The molecule has 4 heteroatoms. The third-order valence-corrected chi connectivity index (χ3v) is 2.60. The zero-order valence-electron chi connectivity index (χ0n) is 7.07. The molecule has 0 atom stereocenters. The molecule has 0 amide bonds. The van der Waals surface area contributed by atoms with Gasteiger partial charge in [0, 0.05) is 16.1 Å². The summed E-state index contributed by atoms with van der Waals surface area (Å²) in [5.41, 5.74) is 0.720. The minimum absolute atomic E-state index is 0.211. The van der Waals surface area contributed by atoms with Crippen LogP contribution in [0, 0.1) is 0 Å². The second-order valence-electron chi connectivity index (χ2n) is 2.80. The molecule has 0 saturated heterocycles. The summed E-state index contributed by atoms with van der Waals surface area (Å²) in [5, 5.41) is 9.82. The number of carboxylic acid groups (broad SMARTS) is 1. The summed E-state index contributed by atoms with van der Waals surface area (Å²) in [6.07, 6.45) is 1.58. The van der Waals surface area contributed by atoms with Crippen LogP contribution in [0.2, 0.25) is 0 Å². The van der Waals surface area contributed by atoms with E-state index in [2.05, 4.69) is 20.9 Å². The molecule has 0 radical (unpaired) electrons. The molecule has 0 fully saturated rings. The molecule has 2 aromatic rings. The Kier molecular flexibility index (Phi) is 2.21. The van der Waals surface area contributed by atoms with E-state index in [1.54, 1.807) is 18.3 Å². The van der Waals surface area contributed by atoms with Gasteiger partial charge in [-0.15, -0.1) is 0 Å². The second-order valence-corrected chi connectivity index (χ2v) is 3.66. The van der Waals surface area contributed by atoms with Gasteiger partial charge in [0.2, 0.25) is 0 Å². The summed E-state index contributed by atoms with van der Waals surface area (Å²) in [5.74, 6) is -0.971. The highest BCUT2D eigenvalue weighted by molar-refractivity contribution is 9.10. The highest BCUT2D eigenvalue weighted by Gasteiger charge is 2.13. The minimum Gasteiger partial charge on any atom is -0.478 e. The van der Waals surface area contributed by atoms with Crippen molar-refractivity contribution in [1.29, 1.82) is 0 Å². The largest absolute Gasteiger partial charge is 0.478 e. The van der Waals surface area contributed by atoms with Crippen LogP contribution in [0.4, 0.5) is 0 Å². The number of carboxylic acids is 1. The van der Waals surface area contributed by atoms with Crippen molar-refractivity contribution < 1.29 is 9.90 Å². The van der Waals surface area contributed by atoms with Gasteiger partial charge in [-0.1, -0.05) is 12.1 Å². The summed E-state index contributed by atoms with van der Waals surface area (Å²) >= 11 is 3.20. The molecule has 3 nitrogen and oxygen atoms in total. The Morgan fingerprint density at radius 2 is 2.14 bits per heavy atom. The molecule has 70 valence electrons. The van der Waals surface area contributed by atoms with E-state index in [1.165, 1.54) is 0 Å². The van der Waals surface area contributed by atoms with Crippen molar-refractivity contribution >= 4 is 32.8 Å². The van der Waals surface area contributed by atoms with Gasteiger partial charge in [0.05, 0.1) is 11.1 Å². The lowest BCUT2D eigenvalue weighted by molar-refractivity contribution is 0.0698. The quantitative estimate of drug-likeness (QED) is 0.848. The first-order valence-corrected chi connectivity index (χ1v) is 4.76. The maximum Gasteiger partial charge on any atom is 0.339 e. The minimum atomic E-state index is -0.971. The van der Waals surface area contributed by atoms with Crippen LogP contribution < -0.4 is 0 Å². The number of hydrogen-bond donors (Lipinski definition) is 1. The number of hydrogen-bond acceptors (Lipinski definition) is 2. The average Bonchev–Trinajstić information content (AvgIpc) is 2.17. The van der Waals surface area contributed by atoms with Gasteiger partial charge in [0.1, 0.15) is 0 Å². The number of nitrogens with zero attached hydrogens (tertiary/aromatic N) is 1. The van der Waals surface area contributed by atoms with Crippen LogP contribution in [0.3, 0.4) is 0 Å². The SMILES string of the molecule is O=C(O)c1c(Br)ccc2cccnc12. The molecule has 14 heavy (non-hydrogen) atoms. The average molecular weight is 252 g/mol. The van der Waals surface area contributed by atoms with E-state index in [9.17, 15) is 4.79 Å². The molecule has 0 aliphatic rings. The lowest BCUT2D eigenvalue weighted by Gasteiger charge is -2.02. The van der Waals surface area contributed by atoms with Crippen LogP contribution in [0.1, 0.15) is 10.4 Å². The molecule has 0 unspecified atom stereocenters. The molecule has 0 aliphatic heterocycles. The first-order chi connectivity index (χ1) is 6.70. The lowest BCUT2D eigenvalue weighted by atomic mass is 10.1. The van der Waals surface area contributed by atoms with E-state index in [4.69, 9.17) is 5.11 Å². The van der Waals surface area contributed by atoms with E-state index in [0.29, 0.717) is 9.99 Å². The van der Waals surface area contributed by atoms with Crippen LogP contribution in [0.15, 0.2) is 34.9 Å². The van der Waals surface area contributed by atoms with E-state index in [1.807, 2.05) is 12.1 Å². The smallest absolute Gasteiger partial charge is 0.339 e. The topological polar surface area (TPSA) is 50.2 Å². The van der Waals surface area contributed by atoms with Gasteiger partial charge in [-0.2, -0.15) is 0 Å². The lowest BCUT2D eigenvalue weighted by Crippen LogP contribution is -2.00. The van der Waals surface area contributed by atoms with Crippen molar-refractivity contribution in [3.63, 3.8) is 0 Å². The van der Waals surface area contributed by atoms with Crippen molar-refractivity contribution in [3.8, 4) is 0 Å². The summed E-state index contributed by atoms with van der Waals surface area (Å²) in [7, 11) is 0. The third-order valence-electron chi connectivity index (χ3n) is 1.94. The Morgan fingerprint density at radius 3 is 2.86 bits per heavy atom. The molecule has 1 N–H and O–H groups in total. The molecule has 1 heterocycles. The van der Waals surface area contributed by atoms with Crippen molar-refractivity contribution in [2.75, 3.05) is 0 Å². The molecule has 2 rings (SSSR count). The first kappa shape index (κ1) is 9.15. The van der Waals surface area contributed by atoms with Crippen molar-refractivity contribution in [2.24, 2.45) is 0 Å². The maximum absolute atomic E-state index is 11.0. The highest BCUT2D eigenvalue weighted by Crippen LogP contribution is 2.24. The third kappa shape index (κ3) is 1.37. The molecule has 0 aliphatic carbocycles. The molecular formula is C10H6BrNO2. The van der Waals surface area contributed by atoms with E-state index >= 15 is 0 Å². The van der Waals surface area contributed by atoms with Gasteiger partial charge < -0.3 is 5.11 Å². The van der Waals surface area contributed by atoms with Gasteiger partial charge in [0.15, 0.2) is 0 Å². The summed E-state index contributed by atoms with van der Waals surface area (Å²) in [6, 6.07) is 7.16. The molecular weight excluding hydrogens is 246 g/mol.